The van der Waals surface area contributed by atoms with E-state index in [2.05, 4.69) is 29.3 Å². The first kappa shape index (κ1) is 16.0. The number of aromatic nitrogens is 2. The molecule has 5 nitrogen and oxygen atoms in total. The molecular weight excluding hydrogens is 324 g/mol. The molecular formula is C21H18N4O. The Balaban J connectivity index is 1.90. The van der Waals surface area contributed by atoms with Crippen LogP contribution < -0.4 is 0 Å². The van der Waals surface area contributed by atoms with E-state index in [1.54, 1.807) is 24.3 Å². The van der Waals surface area contributed by atoms with Crippen molar-refractivity contribution >= 4 is 17.2 Å². The van der Waals surface area contributed by atoms with Gasteiger partial charge in [0.1, 0.15) is 17.1 Å². The lowest BCUT2D eigenvalue weighted by Crippen LogP contribution is -1.85. The van der Waals surface area contributed by atoms with E-state index in [-0.39, 0.29) is 5.75 Å². The fraction of sp³-hybridized carbons (Fsp3) is 0.0952. The first-order chi connectivity index (χ1) is 12.6. The normalized spacial score (nSPS) is 11.5. The molecule has 5 heteroatoms. The predicted molar refractivity (Wildman–Crippen MR) is 102 cm³/mol. The van der Waals surface area contributed by atoms with Gasteiger partial charge in [-0.1, -0.05) is 42.0 Å². The van der Waals surface area contributed by atoms with Crippen molar-refractivity contribution in [3.05, 3.63) is 78.0 Å². The second-order valence-corrected chi connectivity index (χ2v) is 6.25. The summed E-state index contributed by atoms with van der Waals surface area (Å²) in [5.41, 5.74) is 5.47. The topological polar surface area (TPSA) is 62.2 Å². The monoisotopic (exact) mass is 342 g/mol. The molecule has 2 aromatic carbocycles. The number of rotatable bonds is 3. The number of imidazole rings is 1. The number of nitrogens with zero attached hydrogens (tertiary/aromatic N) is 4. The van der Waals surface area contributed by atoms with E-state index < -0.39 is 0 Å². The van der Waals surface area contributed by atoms with Gasteiger partial charge in [-0.3, -0.25) is 4.40 Å². The molecule has 4 aromatic rings. The zero-order valence-corrected chi connectivity index (χ0v) is 14.6. The van der Waals surface area contributed by atoms with E-state index in [0.29, 0.717) is 11.5 Å². The smallest absolute Gasteiger partial charge is 0.187 e. The first-order valence-corrected chi connectivity index (χ1v) is 8.37. The largest absolute Gasteiger partial charge is 0.508 e. The van der Waals surface area contributed by atoms with E-state index in [9.17, 15) is 5.11 Å². The molecule has 0 atom stereocenters. The maximum absolute atomic E-state index is 9.62. The number of hydrogen-bond acceptors (Lipinski definition) is 4. The molecule has 2 heterocycles. The van der Waals surface area contributed by atoms with Crippen molar-refractivity contribution in [3.8, 4) is 17.0 Å². The Bertz CT molecular complexity index is 1110. The Kier molecular flexibility index (Phi) is 3.97. The highest BCUT2D eigenvalue weighted by Crippen LogP contribution is 2.33. The first-order valence-electron chi connectivity index (χ1n) is 8.37. The molecule has 0 saturated carbocycles. The molecule has 0 aliphatic rings. The Morgan fingerprint density at radius 1 is 0.923 bits per heavy atom. The SMILES string of the molecule is Cc1ccc(-c2nc3c(C)cccn3c2N=Nc2cccc(O)c2)cc1. The molecule has 0 bridgehead atoms. The van der Waals surface area contributed by atoms with Crippen LogP contribution in [0.2, 0.25) is 0 Å². The summed E-state index contributed by atoms with van der Waals surface area (Å²) in [6.07, 6.45) is 1.93. The van der Waals surface area contributed by atoms with Crippen molar-refractivity contribution in [1.82, 2.24) is 9.38 Å². The van der Waals surface area contributed by atoms with Crippen LogP contribution in [0, 0.1) is 13.8 Å². The summed E-state index contributed by atoms with van der Waals surface area (Å²) in [6, 6.07) is 18.9. The number of azo groups is 1. The van der Waals surface area contributed by atoms with Crippen molar-refractivity contribution in [2.24, 2.45) is 10.2 Å². The number of aryl methyl sites for hydroxylation is 2. The molecule has 0 aliphatic carbocycles. The van der Waals surface area contributed by atoms with Crippen LogP contribution >= 0.6 is 0 Å². The fourth-order valence-corrected chi connectivity index (χ4v) is 2.85. The third-order valence-corrected chi connectivity index (χ3v) is 4.23. The number of phenols is 1. The van der Waals surface area contributed by atoms with Gasteiger partial charge in [0.25, 0.3) is 0 Å². The number of hydrogen-bond donors (Lipinski definition) is 1. The van der Waals surface area contributed by atoms with E-state index in [1.807, 2.05) is 41.8 Å². The average Bonchev–Trinajstić information content (AvgIpc) is 3.01. The minimum absolute atomic E-state index is 0.161. The van der Waals surface area contributed by atoms with Crippen LogP contribution in [-0.2, 0) is 0 Å². The summed E-state index contributed by atoms with van der Waals surface area (Å²) in [7, 11) is 0. The molecule has 0 fully saturated rings. The number of fused-ring (bicyclic) bond motifs is 1. The van der Waals surface area contributed by atoms with Gasteiger partial charge in [0.2, 0.25) is 0 Å². The van der Waals surface area contributed by atoms with Crippen LogP contribution in [0.3, 0.4) is 0 Å². The van der Waals surface area contributed by atoms with Gasteiger partial charge in [-0.15, -0.1) is 10.2 Å². The molecule has 26 heavy (non-hydrogen) atoms. The van der Waals surface area contributed by atoms with Gasteiger partial charge in [-0.25, -0.2) is 4.98 Å². The van der Waals surface area contributed by atoms with Crippen molar-refractivity contribution in [2.45, 2.75) is 13.8 Å². The molecule has 0 radical (unpaired) electrons. The van der Waals surface area contributed by atoms with Crippen molar-refractivity contribution < 1.29 is 5.11 Å². The Morgan fingerprint density at radius 3 is 2.50 bits per heavy atom. The minimum Gasteiger partial charge on any atom is -0.508 e. The maximum Gasteiger partial charge on any atom is 0.187 e. The molecule has 4 rings (SSSR count). The number of benzene rings is 2. The highest BCUT2D eigenvalue weighted by molar-refractivity contribution is 5.75. The number of phenolic OH excluding ortho intramolecular Hbond substituents is 1. The van der Waals surface area contributed by atoms with E-state index in [0.717, 1.165) is 22.5 Å². The van der Waals surface area contributed by atoms with Gasteiger partial charge >= 0.3 is 0 Å². The summed E-state index contributed by atoms with van der Waals surface area (Å²) in [4.78, 5) is 4.80. The van der Waals surface area contributed by atoms with Crippen molar-refractivity contribution in [2.75, 3.05) is 0 Å². The highest BCUT2D eigenvalue weighted by atomic mass is 16.3. The van der Waals surface area contributed by atoms with Crippen LogP contribution in [0.1, 0.15) is 11.1 Å². The second kappa shape index (κ2) is 6.44. The molecule has 0 saturated heterocycles. The summed E-state index contributed by atoms with van der Waals surface area (Å²) in [5, 5.41) is 18.4. The minimum atomic E-state index is 0.161. The van der Waals surface area contributed by atoms with Gasteiger partial charge in [-0.05, 0) is 37.6 Å². The van der Waals surface area contributed by atoms with Crippen LogP contribution in [0.15, 0.2) is 77.1 Å². The van der Waals surface area contributed by atoms with Gasteiger partial charge in [0.05, 0.1) is 5.69 Å². The second-order valence-electron chi connectivity index (χ2n) is 6.25. The maximum atomic E-state index is 9.62. The lowest BCUT2D eigenvalue weighted by molar-refractivity contribution is 0.475. The molecule has 0 unspecified atom stereocenters. The van der Waals surface area contributed by atoms with Crippen LogP contribution in [0.4, 0.5) is 11.5 Å². The Morgan fingerprint density at radius 2 is 1.73 bits per heavy atom. The summed E-state index contributed by atoms with van der Waals surface area (Å²) >= 11 is 0. The number of aromatic hydroxyl groups is 1. The van der Waals surface area contributed by atoms with Crippen molar-refractivity contribution in [3.63, 3.8) is 0 Å². The summed E-state index contributed by atoms with van der Waals surface area (Å²) < 4.78 is 1.94. The van der Waals surface area contributed by atoms with Gasteiger partial charge in [0.15, 0.2) is 5.82 Å². The third-order valence-electron chi connectivity index (χ3n) is 4.23. The van der Waals surface area contributed by atoms with Gasteiger partial charge in [0, 0.05) is 17.8 Å². The molecule has 128 valence electrons. The lowest BCUT2D eigenvalue weighted by Gasteiger charge is -2.01. The zero-order chi connectivity index (χ0) is 18.1. The van der Waals surface area contributed by atoms with Gasteiger partial charge in [-0.2, -0.15) is 0 Å². The molecule has 1 N–H and O–H groups in total. The van der Waals surface area contributed by atoms with Crippen LogP contribution in [-0.4, -0.2) is 14.5 Å². The van der Waals surface area contributed by atoms with Gasteiger partial charge < -0.3 is 5.11 Å². The summed E-state index contributed by atoms with van der Waals surface area (Å²) in [5.74, 6) is 0.824. The van der Waals surface area contributed by atoms with E-state index in [1.165, 1.54) is 5.56 Å². The molecule has 0 spiro atoms. The quantitative estimate of drug-likeness (QED) is 0.483. The third kappa shape index (κ3) is 2.95. The van der Waals surface area contributed by atoms with E-state index >= 15 is 0 Å². The molecule has 0 amide bonds. The Labute approximate surface area is 151 Å². The standard InChI is InChI=1S/C21H18N4O/c1-14-8-10-16(11-9-14)19-21(24-23-17-6-3-7-18(26)13-17)25-12-4-5-15(2)20(25)22-19/h3-13,26H,1-2H3. The zero-order valence-electron chi connectivity index (χ0n) is 14.6. The lowest BCUT2D eigenvalue weighted by atomic mass is 10.1. The van der Waals surface area contributed by atoms with Crippen LogP contribution in [0.5, 0.6) is 5.75 Å². The van der Waals surface area contributed by atoms with Crippen LogP contribution in [0.25, 0.3) is 16.9 Å². The fourth-order valence-electron chi connectivity index (χ4n) is 2.85. The molecule has 0 aliphatic heterocycles. The van der Waals surface area contributed by atoms with E-state index in [4.69, 9.17) is 4.98 Å². The highest BCUT2D eigenvalue weighted by Gasteiger charge is 2.15. The predicted octanol–water partition coefficient (Wildman–Crippen LogP) is 5.74. The number of pyridine rings is 1. The van der Waals surface area contributed by atoms with Crippen molar-refractivity contribution in [1.29, 1.82) is 0 Å². The molecule has 2 aromatic heterocycles. The Hall–Kier alpha value is -3.47. The average molecular weight is 342 g/mol. The summed E-state index contributed by atoms with van der Waals surface area (Å²) in [6.45, 7) is 4.08.